The standard InChI is InChI=1S/C15H12Br2F2N2O6/c1-25-14(24)6-5-21(2-3-22)13(23)10(6)20-11-7(16)4-8-12(9(11)17)27-15(18,19)26-8/h4,20,22H,2-3,5H2,1H3. The van der Waals surface area contributed by atoms with Gasteiger partial charge in [0.1, 0.15) is 5.70 Å². The highest BCUT2D eigenvalue weighted by Crippen LogP contribution is 2.51. The molecule has 1 aromatic rings. The normalized spacial score (nSPS) is 17.6. The van der Waals surface area contributed by atoms with Crippen molar-refractivity contribution in [1.82, 2.24) is 4.90 Å². The number of nitrogens with zero attached hydrogens (tertiary/aromatic N) is 1. The van der Waals surface area contributed by atoms with E-state index in [0.717, 1.165) is 0 Å². The predicted molar refractivity (Wildman–Crippen MR) is 94.4 cm³/mol. The Hall–Kier alpha value is -1.92. The number of benzene rings is 1. The van der Waals surface area contributed by atoms with Crippen molar-refractivity contribution in [3.05, 3.63) is 26.3 Å². The van der Waals surface area contributed by atoms with Crippen LogP contribution < -0.4 is 14.8 Å². The molecule has 0 aliphatic carbocycles. The highest BCUT2D eigenvalue weighted by atomic mass is 79.9. The van der Waals surface area contributed by atoms with E-state index in [4.69, 9.17) is 9.84 Å². The van der Waals surface area contributed by atoms with E-state index in [1.165, 1.54) is 18.1 Å². The maximum atomic E-state index is 13.3. The molecular formula is C15H12Br2F2N2O6. The quantitative estimate of drug-likeness (QED) is 0.582. The number of hydrogen-bond donors (Lipinski definition) is 2. The molecule has 2 aliphatic rings. The van der Waals surface area contributed by atoms with Crippen LogP contribution in [0.4, 0.5) is 14.5 Å². The summed E-state index contributed by atoms with van der Waals surface area (Å²) in [7, 11) is 1.17. The van der Waals surface area contributed by atoms with E-state index in [9.17, 15) is 18.4 Å². The number of alkyl halides is 2. The number of amides is 1. The van der Waals surface area contributed by atoms with Crippen LogP contribution >= 0.6 is 31.9 Å². The lowest BCUT2D eigenvalue weighted by Crippen LogP contribution is -2.31. The fourth-order valence-corrected chi connectivity index (χ4v) is 3.97. The Morgan fingerprint density at radius 3 is 2.78 bits per heavy atom. The van der Waals surface area contributed by atoms with Crippen LogP contribution in [0.2, 0.25) is 0 Å². The highest BCUT2D eigenvalue weighted by molar-refractivity contribution is 9.11. The number of nitrogens with one attached hydrogen (secondary N) is 1. The van der Waals surface area contributed by atoms with Crippen LogP contribution in [0.15, 0.2) is 26.3 Å². The molecule has 0 unspecified atom stereocenters. The Morgan fingerprint density at radius 2 is 2.15 bits per heavy atom. The fourth-order valence-electron chi connectivity index (χ4n) is 2.61. The molecule has 0 aromatic heterocycles. The summed E-state index contributed by atoms with van der Waals surface area (Å²) in [6, 6.07) is 1.24. The number of esters is 1. The molecule has 146 valence electrons. The third-order valence-corrected chi connectivity index (χ3v) is 5.17. The van der Waals surface area contributed by atoms with Gasteiger partial charge in [0.2, 0.25) is 0 Å². The zero-order valence-corrected chi connectivity index (χ0v) is 16.8. The van der Waals surface area contributed by atoms with Crippen molar-refractivity contribution in [2.75, 3.05) is 32.1 Å². The zero-order chi connectivity index (χ0) is 19.9. The van der Waals surface area contributed by atoms with E-state index in [2.05, 4.69) is 46.7 Å². The molecule has 2 heterocycles. The average molecular weight is 514 g/mol. The van der Waals surface area contributed by atoms with Crippen molar-refractivity contribution < 1.29 is 37.7 Å². The van der Waals surface area contributed by atoms with Gasteiger partial charge >= 0.3 is 12.3 Å². The first-order valence-electron chi connectivity index (χ1n) is 7.45. The molecule has 0 atom stereocenters. The number of rotatable bonds is 5. The number of aliphatic hydroxyl groups excluding tert-OH is 1. The minimum atomic E-state index is -3.82. The van der Waals surface area contributed by atoms with Crippen LogP contribution in [0.5, 0.6) is 11.5 Å². The molecule has 1 amide bonds. The summed E-state index contributed by atoms with van der Waals surface area (Å²) in [4.78, 5) is 25.8. The molecule has 2 N–H and O–H groups in total. The number of aliphatic hydroxyl groups is 1. The molecule has 2 aliphatic heterocycles. The van der Waals surface area contributed by atoms with E-state index in [1.807, 2.05) is 0 Å². The van der Waals surface area contributed by atoms with Gasteiger partial charge in [0.15, 0.2) is 11.5 Å². The molecule has 1 aromatic carbocycles. The summed E-state index contributed by atoms with van der Waals surface area (Å²) in [5, 5.41) is 11.8. The van der Waals surface area contributed by atoms with E-state index in [0.29, 0.717) is 0 Å². The summed E-state index contributed by atoms with van der Waals surface area (Å²) >= 11 is 6.36. The van der Waals surface area contributed by atoms with E-state index < -0.39 is 18.2 Å². The van der Waals surface area contributed by atoms with Crippen molar-refractivity contribution in [2.45, 2.75) is 6.29 Å². The molecular weight excluding hydrogens is 502 g/mol. The van der Waals surface area contributed by atoms with Crippen LogP contribution in [0, 0.1) is 0 Å². The third-order valence-electron chi connectivity index (χ3n) is 3.79. The van der Waals surface area contributed by atoms with Crippen LogP contribution in [0.3, 0.4) is 0 Å². The zero-order valence-electron chi connectivity index (χ0n) is 13.6. The molecule has 0 fully saturated rings. The molecule has 0 saturated carbocycles. The summed E-state index contributed by atoms with van der Waals surface area (Å²) in [5.41, 5.74) is 0.116. The Bertz CT molecular complexity index is 861. The number of anilines is 1. The van der Waals surface area contributed by atoms with Crippen molar-refractivity contribution in [2.24, 2.45) is 0 Å². The largest absolute Gasteiger partial charge is 0.586 e. The second-order valence-electron chi connectivity index (χ2n) is 5.46. The van der Waals surface area contributed by atoms with Gasteiger partial charge < -0.3 is 29.5 Å². The maximum absolute atomic E-state index is 13.3. The van der Waals surface area contributed by atoms with Gasteiger partial charge in [-0.25, -0.2) is 4.79 Å². The third kappa shape index (κ3) is 3.60. The van der Waals surface area contributed by atoms with Gasteiger partial charge in [0.05, 0.1) is 36.0 Å². The molecule has 3 rings (SSSR count). The average Bonchev–Trinajstić information content (AvgIpc) is 3.08. The van der Waals surface area contributed by atoms with Crippen molar-refractivity contribution in [3.8, 4) is 11.5 Å². The Balaban J connectivity index is 2.01. The molecule has 27 heavy (non-hydrogen) atoms. The smallest absolute Gasteiger partial charge is 0.466 e. The number of ether oxygens (including phenoxy) is 3. The minimum Gasteiger partial charge on any atom is -0.466 e. The van der Waals surface area contributed by atoms with Crippen LogP contribution in [0.25, 0.3) is 0 Å². The van der Waals surface area contributed by atoms with E-state index >= 15 is 0 Å². The number of methoxy groups -OCH3 is 1. The number of hydrogen-bond acceptors (Lipinski definition) is 7. The lowest BCUT2D eigenvalue weighted by Gasteiger charge is -2.16. The second-order valence-corrected chi connectivity index (χ2v) is 7.11. The summed E-state index contributed by atoms with van der Waals surface area (Å²) < 4.78 is 40.6. The van der Waals surface area contributed by atoms with Crippen molar-refractivity contribution in [3.63, 3.8) is 0 Å². The van der Waals surface area contributed by atoms with Gasteiger partial charge in [-0.3, -0.25) is 4.79 Å². The SMILES string of the molecule is COC(=O)C1=C(Nc2c(Br)cc3c(c2Br)OC(F)(F)O3)C(=O)N(CCO)C1. The fraction of sp³-hybridized carbons (Fsp3) is 0.333. The van der Waals surface area contributed by atoms with Crippen molar-refractivity contribution >= 4 is 49.4 Å². The highest BCUT2D eigenvalue weighted by Gasteiger charge is 2.45. The van der Waals surface area contributed by atoms with Crippen LogP contribution in [-0.2, 0) is 14.3 Å². The Kier molecular flexibility index (Phi) is 5.32. The lowest BCUT2D eigenvalue weighted by atomic mass is 10.2. The van der Waals surface area contributed by atoms with Gasteiger partial charge in [0.25, 0.3) is 5.91 Å². The van der Waals surface area contributed by atoms with Crippen LogP contribution in [0.1, 0.15) is 0 Å². The number of carbonyl (C=O) groups excluding carboxylic acids is 2. The van der Waals surface area contributed by atoms with Gasteiger partial charge in [0, 0.05) is 17.1 Å². The second kappa shape index (κ2) is 7.24. The summed E-state index contributed by atoms with van der Waals surface area (Å²) in [6.45, 7) is -0.341. The number of halogens is 4. The Morgan fingerprint density at radius 1 is 1.44 bits per heavy atom. The number of β-amino-alcohol motifs (C(OH)–C–C–N with tert-alkyl or cyclic N) is 1. The molecule has 12 heteroatoms. The first kappa shape index (κ1) is 19.8. The van der Waals surface area contributed by atoms with Gasteiger partial charge in [-0.05, 0) is 31.9 Å². The van der Waals surface area contributed by atoms with Crippen molar-refractivity contribution in [1.29, 1.82) is 0 Å². The number of fused-ring (bicyclic) bond motifs is 1. The predicted octanol–water partition coefficient (Wildman–Crippen LogP) is 2.21. The van der Waals surface area contributed by atoms with Gasteiger partial charge in [-0.2, -0.15) is 0 Å². The molecule has 0 bridgehead atoms. The summed E-state index contributed by atoms with van der Waals surface area (Å²) in [6.07, 6.45) is -3.82. The number of carbonyl (C=O) groups is 2. The molecule has 0 spiro atoms. The van der Waals surface area contributed by atoms with Gasteiger partial charge in [-0.15, -0.1) is 8.78 Å². The Labute approximate surface area is 168 Å². The first-order chi connectivity index (χ1) is 12.7. The first-order valence-corrected chi connectivity index (χ1v) is 9.03. The molecule has 0 radical (unpaired) electrons. The topological polar surface area (TPSA) is 97.3 Å². The van der Waals surface area contributed by atoms with Crippen LogP contribution in [-0.4, -0.2) is 55.0 Å². The summed E-state index contributed by atoms with van der Waals surface area (Å²) in [5.74, 6) is -1.74. The lowest BCUT2D eigenvalue weighted by molar-refractivity contribution is -0.286. The van der Waals surface area contributed by atoms with Gasteiger partial charge in [-0.1, -0.05) is 0 Å². The van der Waals surface area contributed by atoms with E-state index in [1.54, 1.807) is 0 Å². The van der Waals surface area contributed by atoms with E-state index in [-0.39, 0.29) is 57.1 Å². The molecule has 0 saturated heterocycles. The monoisotopic (exact) mass is 512 g/mol. The minimum absolute atomic E-state index is 0.0141. The molecule has 8 nitrogen and oxygen atoms in total. The maximum Gasteiger partial charge on any atom is 0.586 e.